The highest BCUT2D eigenvalue weighted by molar-refractivity contribution is 5.76. The van der Waals surface area contributed by atoms with Crippen molar-refractivity contribution >= 4 is 5.91 Å². The molecule has 25 heavy (non-hydrogen) atoms. The average Bonchev–Trinajstić information content (AvgIpc) is 2.64. The lowest BCUT2D eigenvalue weighted by atomic mass is 9.87. The number of aliphatic hydroxyl groups excluding tert-OH is 1. The molecule has 0 spiro atoms. The summed E-state index contributed by atoms with van der Waals surface area (Å²) in [6, 6.07) is 12.4. The smallest absolute Gasteiger partial charge is 0.222 e. The van der Waals surface area contributed by atoms with Crippen LogP contribution in [0.15, 0.2) is 48.8 Å². The summed E-state index contributed by atoms with van der Waals surface area (Å²) in [4.78, 5) is 18.3. The van der Waals surface area contributed by atoms with E-state index in [1.165, 1.54) is 11.1 Å². The van der Waals surface area contributed by atoms with Crippen LogP contribution < -0.4 is 0 Å². The first-order valence-electron chi connectivity index (χ1n) is 9.02. The minimum atomic E-state index is -0.447. The molecule has 1 aromatic heterocycles. The van der Waals surface area contributed by atoms with Crippen molar-refractivity contribution in [3.8, 4) is 0 Å². The van der Waals surface area contributed by atoms with Crippen LogP contribution in [0.3, 0.4) is 0 Å². The van der Waals surface area contributed by atoms with Gasteiger partial charge >= 0.3 is 0 Å². The van der Waals surface area contributed by atoms with Crippen molar-refractivity contribution in [1.29, 1.82) is 0 Å². The Balaban J connectivity index is 1.49. The van der Waals surface area contributed by atoms with Crippen LogP contribution in [0.25, 0.3) is 0 Å². The third kappa shape index (κ3) is 4.89. The highest BCUT2D eigenvalue weighted by Gasteiger charge is 2.29. The van der Waals surface area contributed by atoms with Crippen LogP contribution in [0.2, 0.25) is 0 Å². The van der Waals surface area contributed by atoms with E-state index in [4.69, 9.17) is 0 Å². The van der Waals surface area contributed by atoms with Crippen LogP contribution in [-0.2, 0) is 17.6 Å². The molecule has 4 heteroatoms. The Morgan fingerprint density at radius 1 is 1.24 bits per heavy atom. The van der Waals surface area contributed by atoms with Gasteiger partial charge in [-0.2, -0.15) is 0 Å². The molecule has 2 heterocycles. The number of carbonyl (C=O) groups excluding carboxylic acids is 1. The number of aryl methyl sites for hydroxylation is 2. The van der Waals surface area contributed by atoms with Gasteiger partial charge in [-0.3, -0.25) is 9.78 Å². The zero-order valence-corrected chi connectivity index (χ0v) is 14.8. The lowest BCUT2D eigenvalue weighted by molar-refractivity contribution is -0.135. The van der Waals surface area contributed by atoms with Crippen LogP contribution in [0.4, 0.5) is 0 Å². The Labute approximate surface area is 149 Å². The molecule has 132 valence electrons. The molecule has 1 aliphatic heterocycles. The van der Waals surface area contributed by atoms with E-state index in [9.17, 15) is 9.90 Å². The van der Waals surface area contributed by atoms with Crippen LogP contribution >= 0.6 is 0 Å². The highest BCUT2D eigenvalue weighted by Crippen LogP contribution is 2.23. The normalized spacial score (nSPS) is 20.5. The fourth-order valence-electron chi connectivity index (χ4n) is 3.43. The number of benzene rings is 1. The summed E-state index contributed by atoms with van der Waals surface area (Å²) in [6.07, 6.45) is 5.99. The number of amides is 1. The number of β-amino-alcohol motifs (C(OH)–C–C–N with tert-alkyl or cyclic N) is 1. The maximum Gasteiger partial charge on any atom is 0.222 e. The number of aromatic nitrogens is 1. The molecule has 0 bridgehead atoms. The standard InChI is InChI=1S/C21H26N2O2/c1-16-4-6-17(7-5-16)13-19-10-12-23(15-20(19)24)21(25)9-8-18-3-2-11-22-14-18/h2-7,11,14,19-20,24H,8-10,12-13,15H2,1H3/t19-,20+/m1/s1. The largest absolute Gasteiger partial charge is 0.391 e. The van der Waals surface area contributed by atoms with Gasteiger partial charge in [-0.05, 0) is 49.3 Å². The van der Waals surface area contributed by atoms with Gasteiger partial charge in [0.2, 0.25) is 5.91 Å². The number of carbonyl (C=O) groups is 1. The molecule has 1 N–H and O–H groups in total. The fourth-order valence-corrected chi connectivity index (χ4v) is 3.43. The summed E-state index contributed by atoms with van der Waals surface area (Å²) in [5.41, 5.74) is 3.58. The fraction of sp³-hybridized carbons (Fsp3) is 0.429. The number of rotatable bonds is 5. The summed E-state index contributed by atoms with van der Waals surface area (Å²) in [6.45, 7) is 3.26. The molecule has 1 aliphatic rings. The third-order valence-electron chi connectivity index (χ3n) is 5.04. The number of nitrogens with zero attached hydrogens (tertiary/aromatic N) is 2. The summed E-state index contributed by atoms with van der Waals surface area (Å²) in [7, 11) is 0. The molecule has 3 rings (SSSR count). The topological polar surface area (TPSA) is 53.4 Å². The first-order chi connectivity index (χ1) is 12.1. The average molecular weight is 338 g/mol. The summed E-state index contributed by atoms with van der Waals surface area (Å²) >= 11 is 0. The number of hydrogen-bond acceptors (Lipinski definition) is 3. The quantitative estimate of drug-likeness (QED) is 0.912. The predicted octanol–water partition coefficient (Wildman–Crippen LogP) is 2.77. The minimum absolute atomic E-state index is 0.122. The van der Waals surface area contributed by atoms with E-state index in [-0.39, 0.29) is 11.8 Å². The Bertz CT molecular complexity index is 685. The number of likely N-dealkylation sites (tertiary alicyclic amines) is 1. The molecule has 0 saturated carbocycles. The van der Waals surface area contributed by atoms with Gasteiger partial charge in [-0.1, -0.05) is 35.9 Å². The van der Waals surface area contributed by atoms with Gasteiger partial charge in [0.15, 0.2) is 0 Å². The molecule has 0 unspecified atom stereocenters. The van der Waals surface area contributed by atoms with Gasteiger partial charge in [0.1, 0.15) is 0 Å². The number of aliphatic hydroxyl groups is 1. The van der Waals surface area contributed by atoms with Crippen molar-refractivity contribution in [2.24, 2.45) is 5.92 Å². The molecule has 1 aromatic carbocycles. The second kappa shape index (κ2) is 8.26. The summed E-state index contributed by atoms with van der Waals surface area (Å²) in [5.74, 6) is 0.349. The Kier molecular flexibility index (Phi) is 5.82. The molecule has 4 nitrogen and oxygen atoms in total. The Hall–Kier alpha value is -2.20. The van der Waals surface area contributed by atoms with Crippen molar-refractivity contribution < 1.29 is 9.90 Å². The van der Waals surface area contributed by atoms with E-state index < -0.39 is 6.10 Å². The van der Waals surface area contributed by atoms with Crippen molar-refractivity contribution in [3.05, 3.63) is 65.5 Å². The summed E-state index contributed by atoms with van der Waals surface area (Å²) in [5, 5.41) is 10.5. The Morgan fingerprint density at radius 2 is 2.04 bits per heavy atom. The molecule has 1 fully saturated rings. The van der Waals surface area contributed by atoms with Gasteiger partial charge in [0.05, 0.1) is 6.10 Å². The second-order valence-corrected chi connectivity index (χ2v) is 7.01. The molecule has 0 aliphatic carbocycles. The van der Waals surface area contributed by atoms with Crippen molar-refractivity contribution in [1.82, 2.24) is 9.88 Å². The van der Waals surface area contributed by atoms with Crippen molar-refractivity contribution in [3.63, 3.8) is 0 Å². The van der Waals surface area contributed by atoms with Gasteiger partial charge < -0.3 is 10.0 Å². The van der Waals surface area contributed by atoms with E-state index >= 15 is 0 Å². The molecule has 2 atom stereocenters. The van der Waals surface area contributed by atoms with Crippen LogP contribution in [0.1, 0.15) is 29.5 Å². The minimum Gasteiger partial charge on any atom is -0.391 e. The Morgan fingerprint density at radius 3 is 2.72 bits per heavy atom. The van der Waals surface area contributed by atoms with E-state index in [1.807, 2.05) is 17.0 Å². The molecular formula is C21H26N2O2. The van der Waals surface area contributed by atoms with Crippen LogP contribution in [0, 0.1) is 12.8 Å². The highest BCUT2D eigenvalue weighted by atomic mass is 16.3. The van der Waals surface area contributed by atoms with E-state index in [0.717, 1.165) is 24.9 Å². The third-order valence-corrected chi connectivity index (χ3v) is 5.04. The number of pyridine rings is 1. The molecule has 1 amide bonds. The van der Waals surface area contributed by atoms with E-state index in [0.29, 0.717) is 19.4 Å². The van der Waals surface area contributed by atoms with Gasteiger partial charge in [-0.15, -0.1) is 0 Å². The van der Waals surface area contributed by atoms with E-state index in [1.54, 1.807) is 12.4 Å². The van der Waals surface area contributed by atoms with Gasteiger partial charge in [0, 0.05) is 31.9 Å². The van der Waals surface area contributed by atoms with Crippen LogP contribution in [0.5, 0.6) is 0 Å². The number of hydrogen-bond donors (Lipinski definition) is 1. The molecule has 1 saturated heterocycles. The monoisotopic (exact) mass is 338 g/mol. The summed E-state index contributed by atoms with van der Waals surface area (Å²) < 4.78 is 0. The van der Waals surface area contributed by atoms with E-state index in [2.05, 4.69) is 36.2 Å². The maximum absolute atomic E-state index is 12.4. The molecule has 2 aromatic rings. The lowest BCUT2D eigenvalue weighted by Gasteiger charge is -2.36. The van der Waals surface area contributed by atoms with Crippen molar-refractivity contribution in [2.45, 2.75) is 38.7 Å². The van der Waals surface area contributed by atoms with Crippen molar-refractivity contribution in [2.75, 3.05) is 13.1 Å². The first-order valence-corrected chi connectivity index (χ1v) is 9.02. The van der Waals surface area contributed by atoms with Crippen LogP contribution in [-0.4, -0.2) is 40.1 Å². The molecule has 0 radical (unpaired) electrons. The lowest BCUT2D eigenvalue weighted by Crippen LogP contribution is -2.47. The maximum atomic E-state index is 12.4. The van der Waals surface area contributed by atoms with Gasteiger partial charge in [0.25, 0.3) is 0 Å². The number of piperidine rings is 1. The van der Waals surface area contributed by atoms with Gasteiger partial charge in [-0.25, -0.2) is 0 Å². The predicted molar refractivity (Wildman–Crippen MR) is 98.1 cm³/mol. The molecular weight excluding hydrogens is 312 g/mol. The second-order valence-electron chi connectivity index (χ2n) is 7.01. The first kappa shape index (κ1) is 17.6. The zero-order chi connectivity index (χ0) is 17.6. The SMILES string of the molecule is Cc1ccc(C[C@H]2CCN(C(=O)CCc3cccnc3)C[C@@H]2O)cc1. The zero-order valence-electron chi connectivity index (χ0n) is 14.8.